The van der Waals surface area contributed by atoms with Gasteiger partial charge in [0.05, 0.1) is 11.9 Å². The van der Waals surface area contributed by atoms with Gasteiger partial charge in [-0.15, -0.1) is 0 Å². The van der Waals surface area contributed by atoms with Crippen LogP contribution in [0.15, 0.2) is 42.5 Å². The van der Waals surface area contributed by atoms with Gasteiger partial charge in [-0.2, -0.15) is 0 Å². The number of para-hydroxylation sites is 1. The van der Waals surface area contributed by atoms with E-state index in [2.05, 4.69) is 10.6 Å². The molecule has 31 heavy (non-hydrogen) atoms. The molecule has 10 heteroatoms. The summed E-state index contributed by atoms with van der Waals surface area (Å²) >= 11 is 0. The number of imide groups is 1. The molecule has 0 atom stereocenters. The van der Waals surface area contributed by atoms with Crippen molar-refractivity contribution in [2.75, 3.05) is 29.0 Å². The zero-order chi connectivity index (χ0) is 23.2. The molecule has 0 saturated carbocycles. The first-order valence-corrected chi connectivity index (χ1v) is 11.2. The molecule has 0 bridgehead atoms. The monoisotopic (exact) mass is 447 g/mol. The summed E-state index contributed by atoms with van der Waals surface area (Å²) in [5, 5.41) is 4.61. The van der Waals surface area contributed by atoms with Gasteiger partial charge in [-0.05, 0) is 49.6 Å². The largest absolute Gasteiger partial charge is 0.454 e. The zero-order valence-corrected chi connectivity index (χ0v) is 18.6. The fourth-order valence-corrected chi connectivity index (χ4v) is 3.64. The third-order valence-electron chi connectivity index (χ3n) is 4.53. The lowest BCUT2D eigenvalue weighted by Crippen LogP contribution is -2.40. The maximum atomic E-state index is 12.1. The van der Waals surface area contributed by atoms with Crippen molar-refractivity contribution in [1.29, 1.82) is 0 Å². The van der Waals surface area contributed by atoms with Crippen LogP contribution in [-0.4, -0.2) is 45.7 Å². The molecule has 9 nitrogen and oxygen atoms in total. The van der Waals surface area contributed by atoms with E-state index in [1.165, 1.54) is 0 Å². The van der Waals surface area contributed by atoms with Gasteiger partial charge in [-0.3, -0.25) is 19.2 Å². The summed E-state index contributed by atoms with van der Waals surface area (Å²) in [6.07, 6.45) is 0.969. The third-order valence-corrected chi connectivity index (χ3v) is 5.65. The van der Waals surface area contributed by atoms with Gasteiger partial charge in [0.2, 0.25) is 10.0 Å². The van der Waals surface area contributed by atoms with Crippen molar-refractivity contribution in [2.45, 2.75) is 20.8 Å². The number of nitrogens with one attached hydrogen (secondary N) is 2. The number of urea groups is 1. The molecule has 0 unspecified atom stereocenters. The summed E-state index contributed by atoms with van der Waals surface area (Å²) in [7, 11) is -3.77. The lowest BCUT2D eigenvalue weighted by Gasteiger charge is -2.23. The van der Waals surface area contributed by atoms with Crippen LogP contribution in [0.3, 0.4) is 0 Å². The maximum Gasteiger partial charge on any atom is 0.327 e. The predicted molar refractivity (Wildman–Crippen MR) is 117 cm³/mol. The summed E-state index contributed by atoms with van der Waals surface area (Å²) in [6.45, 7) is 4.09. The molecular formula is C21H25N3O6S. The molecule has 0 aliphatic heterocycles. The molecule has 2 aromatic carbocycles. The van der Waals surface area contributed by atoms with E-state index in [4.69, 9.17) is 4.74 Å². The Bertz CT molecular complexity index is 1100. The number of amides is 3. The van der Waals surface area contributed by atoms with Crippen LogP contribution in [0.5, 0.6) is 0 Å². The van der Waals surface area contributed by atoms with Crippen LogP contribution in [0, 0.1) is 20.8 Å². The number of carbonyl (C=O) groups excluding carboxylic acids is 3. The number of esters is 1. The first-order valence-electron chi connectivity index (χ1n) is 9.35. The number of benzene rings is 2. The van der Waals surface area contributed by atoms with Crippen LogP contribution in [0.1, 0.15) is 16.7 Å². The quantitative estimate of drug-likeness (QED) is 0.628. The minimum atomic E-state index is -3.77. The van der Waals surface area contributed by atoms with Crippen LogP contribution < -0.4 is 14.9 Å². The first kappa shape index (κ1) is 23.9. The number of sulfonamides is 1. The summed E-state index contributed by atoms with van der Waals surface area (Å²) in [6, 6.07) is 11.2. The smallest absolute Gasteiger partial charge is 0.327 e. The van der Waals surface area contributed by atoms with E-state index in [9.17, 15) is 22.8 Å². The number of ether oxygens (including phenoxy) is 1. The fourth-order valence-electron chi connectivity index (χ4n) is 2.74. The molecule has 0 radical (unpaired) electrons. The van der Waals surface area contributed by atoms with Crippen LogP contribution in [0.4, 0.5) is 16.2 Å². The van der Waals surface area contributed by atoms with Crippen LogP contribution in [0.2, 0.25) is 0 Å². The molecule has 0 aliphatic rings. The molecule has 0 fully saturated rings. The maximum absolute atomic E-state index is 12.1. The number of carbonyl (C=O) groups is 3. The van der Waals surface area contributed by atoms with Gasteiger partial charge in [0, 0.05) is 5.69 Å². The standard InChI is InChI=1S/C21H25N3O6S/c1-14-9-7-10-17(16(14)3)22-21(27)23-19(25)13-30-20(26)12-24(31(4,28)29)18-11-6-5-8-15(18)2/h5-11H,12-13H2,1-4H3,(H2,22,23,25,27). The van der Waals surface area contributed by atoms with Crippen molar-refractivity contribution in [2.24, 2.45) is 0 Å². The third kappa shape index (κ3) is 6.82. The average Bonchev–Trinajstić information content (AvgIpc) is 2.68. The average molecular weight is 448 g/mol. The molecule has 0 aliphatic carbocycles. The van der Waals surface area contributed by atoms with E-state index in [0.29, 0.717) is 16.9 Å². The molecule has 2 aromatic rings. The highest BCUT2D eigenvalue weighted by Gasteiger charge is 2.23. The zero-order valence-electron chi connectivity index (χ0n) is 17.8. The second-order valence-corrected chi connectivity index (χ2v) is 8.87. The van der Waals surface area contributed by atoms with Crippen molar-refractivity contribution in [3.63, 3.8) is 0 Å². The minimum absolute atomic E-state index is 0.333. The number of hydrogen-bond acceptors (Lipinski definition) is 6. The Morgan fingerprint density at radius 2 is 1.61 bits per heavy atom. The summed E-state index contributed by atoms with van der Waals surface area (Å²) in [4.78, 5) is 36.1. The van der Waals surface area contributed by atoms with Gasteiger partial charge in [-0.1, -0.05) is 30.3 Å². The Hall–Kier alpha value is -3.40. The summed E-state index contributed by atoms with van der Waals surface area (Å²) in [5.74, 6) is -1.78. The molecule has 0 aromatic heterocycles. The molecule has 3 amide bonds. The number of aryl methyl sites for hydroxylation is 2. The highest BCUT2D eigenvalue weighted by atomic mass is 32.2. The molecule has 2 rings (SSSR count). The SMILES string of the molecule is Cc1ccccc1N(CC(=O)OCC(=O)NC(=O)Nc1cccc(C)c1C)S(C)(=O)=O. The summed E-state index contributed by atoms with van der Waals surface area (Å²) < 4.78 is 30.0. The normalized spacial score (nSPS) is 10.8. The summed E-state index contributed by atoms with van der Waals surface area (Å²) in [5.41, 5.74) is 3.36. The Labute approximate surface area is 181 Å². The van der Waals surface area contributed by atoms with E-state index in [0.717, 1.165) is 21.7 Å². The van der Waals surface area contributed by atoms with Crippen molar-refractivity contribution in [3.05, 3.63) is 59.2 Å². The van der Waals surface area contributed by atoms with Gasteiger partial charge in [0.25, 0.3) is 5.91 Å². The second-order valence-electron chi connectivity index (χ2n) is 6.97. The molecule has 166 valence electrons. The topological polar surface area (TPSA) is 122 Å². The van der Waals surface area contributed by atoms with Crippen molar-refractivity contribution < 1.29 is 27.5 Å². The Balaban J connectivity index is 1.92. The van der Waals surface area contributed by atoms with E-state index in [1.54, 1.807) is 43.3 Å². The van der Waals surface area contributed by atoms with Gasteiger partial charge in [-0.25, -0.2) is 13.2 Å². The van der Waals surface area contributed by atoms with Crippen molar-refractivity contribution in [3.8, 4) is 0 Å². The predicted octanol–water partition coefficient (Wildman–Crippen LogP) is 2.27. The van der Waals surface area contributed by atoms with Crippen molar-refractivity contribution in [1.82, 2.24) is 5.32 Å². The van der Waals surface area contributed by atoms with Gasteiger partial charge in [0.1, 0.15) is 6.54 Å². The number of rotatable bonds is 7. The molecule has 2 N–H and O–H groups in total. The lowest BCUT2D eigenvalue weighted by atomic mass is 10.1. The van der Waals surface area contributed by atoms with Crippen LogP contribution in [-0.2, 0) is 24.3 Å². The molecule has 0 saturated heterocycles. The van der Waals surface area contributed by atoms with Gasteiger partial charge in [0.15, 0.2) is 6.61 Å². The van der Waals surface area contributed by atoms with E-state index >= 15 is 0 Å². The van der Waals surface area contributed by atoms with Crippen LogP contribution in [0.25, 0.3) is 0 Å². The number of hydrogen-bond donors (Lipinski definition) is 2. The molecule has 0 spiro atoms. The number of nitrogens with zero attached hydrogens (tertiary/aromatic N) is 1. The Morgan fingerprint density at radius 1 is 0.968 bits per heavy atom. The fraction of sp³-hybridized carbons (Fsp3) is 0.286. The van der Waals surface area contributed by atoms with Crippen LogP contribution >= 0.6 is 0 Å². The second kappa shape index (κ2) is 10.1. The van der Waals surface area contributed by atoms with E-state index in [1.807, 2.05) is 19.9 Å². The Morgan fingerprint density at radius 3 is 2.26 bits per heavy atom. The van der Waals surface area contributed by atoms with Gasteiger partial charge >= 0.3 is 12.0 Å². The highest BCUT2D eigenvalue weighted by molar-refractivity contribution is 7.92. The lowest BCUT2D eigenvalue weighted by molar-refractivity contribution is -0.146. The molecule has 0 heterocycles. The highest BCUT2D eigenvalue weighted by Crippen LogP contribution is 2.22. The van der Waals surface area contributed by atoms with E-state index < -0.39 is 41.1 Å². The molecular weight excluding hydrogens is 422 g/mol. The first-order chi connectivity index (χ1) is 14.5. The van der Waals surface area contributed by atoms with Gasteiger partial charge < -0.3 is 10.1 Å². The number of anilines is 2. The van der Waals surface area contributed by atoms with Crippen molar-refractivity contribution >= 4 is 39.3 Å². The minimum Gasteiger partial charge on any atom is -0.454 e. The Kier molecular flexibility index (Phi) is 7.76. The van der Waals surface area contributed by atoms with E-state index in [-0.39, 0.29) is 0 Å².